The van der Waals surface area contributed by atoms with Crippen molar-refractivity contribution in [3.63, 3.8) is 0 Å². The molecular formula is C25H35FN4O2. The summed E-state index contributed by atoms with van der Waals surface area (Å²) >= 11 is 0. The molecule has 1 amide bonds. The highest BCUT2D eigenvalue weighted by Crippen LogP contribution is 2.28. The van der Waals surface area contributed by atoms with Crippen LogP contribution < -0.4 is 4.90 Å². The van der Waals surface area contributed by atoms with Crippen molar-refractivity contribution in [2.75, 3.05) is 38.2 Å². The average Bonchev–Trinajstić information content (AvgIpc) is 2.76. The number of benzene rings is 1. The fourth-order valence-electron chi connectivity index (χ4n) is 3.97. The summed E-state index contributed by atoms with van der Waals surface area (Å²) < 4.78 is 19.9. The summed E-state index contributed by atoms with van der Waals surface area (Å²) in [6.45, 7) is 11.3. The van der Waals surface area contributed by atoms with E-state index in [9.17, 15) is 9.18 Å². The van der Waals surface area contributed by atoms with Crippen LogP contribution in [0.4, 0.5) is 10.2 Å². The first-order chi connectivity index (χ1) is 15.3. The fourth-order valence-corrected chi connectivity index (χ4v) is 3.97. The Labute approximate surface area is 190 Å². The lowest BCUT2D eigenvalue weighted by atomic mass is 10.0. The van der Waals surface area contributed by atoms with E-state index in [0.29, 0.717) is 57.1 Å². The van der Waals surface area contributed by atoms with Crippen molar-refractivity contribution in [1.29, 1.82) is 0 Å². The number of piperazine rings is 1. The Morgan fingerprint density at radius 1 is 1.09 bits per heavy atom. The number of hydrogen-bond acceptors (Lipinski definition) is 5. The molecule has 0 aliphatic carbocycles. The SMILES string of the molecule is COCc1nc(C(C)C)nc(N2CCN(C(=O)CC(C)C)CC2)c1Cc1ccccc1F. The Morgan fingerprint density at radius 2 is 1.78 bits per heavy atom. The molecule has 1 aromatic heterocycles. The van der Waals surface area contributed by atoms with E-state index >= 15 is 0 Å². The minimum atomic E-state index is -0.237. The van der Waals surface area contributed by atoms with Crippen LogP contribution in [0.3, 0.4) is 0 Å². The van der Waals surface area contributed by atoms with E-state index in [0.717, 1.165) is 22.9 Å². The van der Waals surface area contributed by atoms with Crippen LogP contribution in [0.15, 0.2) is 24.3 Å². The third-order valence-corrected chi connectivity index (χ3v) is 5.73. The van der Waals surface area contributed by atoms with Crippen molar-refractivity contribution in [2.45, 2.75) is 53.1 Å². The topological polar surface area (TPSA) is 58.6 Å². The van der Waals surface area contributed by atoms with Gasteiger partial charge in [0.05, 0.1) is 12.3 Å². The molecule has 0 spiro atoms. The maximum Gasteiger partial charge on any atom is 0.222 e. The number of rotatable bonds is 8. The van der Waals surface area contributed by atoms with E-state index in [1.165, 1.54) is 6.07 Å². The van der Waals surface area contributed by atoms with Crippen LogP contribution >= 0.6 is 0 Å². The van der Waals surface area contributed by atoms with Crippen molar-refractivity contribution >= 4 is 11.7 Å². The minimum Gasteiger partial charge on any atom is -0.378 e. The zero-order chi connectivity index (χ0) is 23.3. The zero-order valence-corrected chi connectivity index (χ0v) is 19.9. The third-order valence-electron chi connectivity index (χ3n) is 5.73. The summed E-state index contributed by atoms with van der Waals surface area (Å²) in [6.07, 6.45) is 0.965. The first kappa shape index (κ1) is 24.1. The van der Waals surface area contributed by atoms with Crippen LogP contribution in [0.5, 0.6) is 0 Å². The largest absolute Gasteiger partial charge is 0.378 e. The predicted molar refractivity (Wildman–Crippen MR) is 124 cm³/mol. The van der Waals surface area contributed by atoms with Gasteiger partial charge in [0, 0.05) is 57.6 Å². The molecule has 174 valence electrons. The quantitative estimate of drug-likeness (QED) is 0.614. The molecule has 0 N–H and O–H groups in total. The highest BCUT2D eigenvalue weighted by molar-refractivity contribution is 5.76. The normalized spacial score (nSPS) is 14.5. The van der Waals surface area contributed by atoms with Crippen molar-refractivity contribution in [1.82, 2.24) is 14.9 Å². The number of methoxy groups -OCH3 is 1. The molecule has 2 aromatic rings. The highest BCUT2D eigenvalue weighted by atomic mass is 19.1. The van der Waals surface area contributed by atoms with Crippen LogP contribution in [-0.4, -0.2) is 54.1 Å². The first-order valence-electron chi connectivity index (χ1n) is 11.4. The van der Waals surface area contributed by atoms with E-state index in [2.05, 4.69) is 32.6 Å². The van der Waals surface area contributed by atoms with Crippen molar-refractivity contribution in [2.24, 2.45) is 5.92 Å². The molecule has 1 aromatic carbocycles. The van der Waals surface area contributed by atoms with Crippen LogP contribution in [0.1, 0.15) is 62.7 Å². The molecule has 0 unspecified atom stereocenters. The van der Waals surface area contributed by atoms with Crippen LogP contribution in [0, 0.1) is 11.7 Å². The number of hydrogen-bond donors (Lipinski definition) is 0. The molecule has 0 saturated carbocycles. The molecule has 7 heteroatoms. The number of halogens is 1. The van der Waals surface area contributed by atoms with Gasteiger partial charge in [0.1, 0.15) is 17.5 Å². The van der Waals surface area contributed by atoms with Gasteiger partial charge in [0.2, 0.25) is 5.91 Å². The van der Waals surface area contributed by atoms with Gasteiger partial charge in [-0.3, -0.25) is 4.79 Å². The Kier molecular flexibility index (Phi) is 8.18. The third kappa shape index (κ3) is 5.82. The summed E-state index contributed by atoms with van der Waals surface area (Å²) in [4.78, 5) is 26.3. The van der Waals surface area contributed by atoms with Gasteiger partial charge >= 0.3 is 0 Å². The Morgan fingerprint density at radius 3 is 2.38 bits per heavy atom. The molecule has 1 aliphatic rings. The molecule has 6 nitrogen and oxygen atoms in total. The second-order valence-electron chi connectivity index (χ2n) is 9.15. The van der Waals surface area contributed by atoms with Crippen molar-refractivity contribution in [3.8, 4) is 0 Å². The Bertz CT molecular complexity index is 924. The summed E-state index contributed by atoms with van der Waals surface area (Å²) in [5, 5.41) is 0. The molecule has 1 aliphatic heterocycles. The summed E-state index contributed by atoms with van der Waals surface area (Å²) in [7, 11) is 1.64. The van der Waals surface area contributed by atoms with E-state index in [1.807, 2.05) is 11.0 Å². The van der Waals surface area contributed by atoms with Gasteiger partial charge in [-0.1, -0.05) is 45.9 Å². The molecule has 3 rings (SSSR count). The molecule has 1 saturated heterocycles. The number of carbonyl (C=O) groups is 1. The van der Waals surface area contributed by atoms with Gasteiger partial charge in [0.15, 0.2) is 0 Å². The molecule has 2 heterocycles. The van der Waals surface area contributed by atoms with Gasteiger partial charge in [-0.15, -0.1) is 0 Å². The molecule has 0 atom stereocenters. The number of amides is 1. The maximum atomic E-state index is 14.5. The first-order valence-corrected chi connectivity index (χ1v) is 11.4. The number of nitrogens with zero attached hydrogens (tertiary/aromatic N) is 4. The number of ether oxygens (including phenoxy) is 1. The second kappa shape index (κ2) is 10.9. The molecule has 32 heavy (non-hydrogen) atoms. The average molecular weight is 443 g/mol. The highest BCUT2D eigenvalue weighted by Gasteiger charge is 2.26. The van der Waals surface area contributed by atoms with Crippen LogP contribution in [0.25, 0.3) is 0 Å². The van der Waals surface area contributed by atoms with Gasteiger partial charge < -0.3 is 14.5 Å². The smallest absolute Gasteiger partial charge is 0.222 e. The Hall–Kier alpha value is -2.54. The fraction of sp³-hybridized carbons (Fsp3) is 0.560. The van der Waals surface area contributed by atoms with E-state index < -0.39 is 0 Å². The minimum absolute atomic E-state index is 0.153. The van der Waals surface area contributed by atoms with E-state index in [4.69, 9.17) is 14.7 Å². The monoisotopic (exact) mass is 442 g/mol. The summed E-state index contributed by atoms with van der Waals surface area (Å²) in [5.41, 5.74) is 2.30. The lowest BCUT2D eigenvalue weighted by molar-refractivity contribution is -0.132. The predicted octanol–water partition coefficient (Wildman–Crippen LogP) is 4.17. The summed E-state index contributed by atoms with van der Waals surface area (Å²) in [5.74, 6) is 2.05. The van der Waals surface area contributed by atoms with Gasteiger partial charge in [0.25, 0.3) is 0 Å². The molecule has 0 bridgehead atoms. The van der Waals surface area contributed by atoms with Gasteiger partial charge in [-0.2, -0.15) is 0 Å². The van der Waals surface area contributed by atoms with Gasteiger partial charge in [-0.25, -0.2) is 14.4 Å². The lowest BCUT2D eigenvalue weighted by Gasteiger charge is -2.37. The second-order valence-corrected chi connectivity index (χ2v) is 9.15. The van der Waals surface area contributed by atoms with Crippen molar-refractivity contribution in [3.05, 3.63) is 52.7 Å². The number of anilines is 1. The lowest BCUT2D eigenvalue weighted by Crippen LogP contribution is -2.49. The number of carbonyl (C=O) groups excluding carboxylic acids is 1. The zero-order valence-electron chi connectivity index (χ0n) is 19.9. The van der Waals surface area contributed by atoms with E-state index in [-0.39, 0.29) is 17.6 Å². The number of aromatic nitrogens is 2. The summed E-state index contributed by atoms with van der Waals surface area (Å²) in [6, 6.07) is 6.82. The molecule has 1 fully saturated rings. The van der Waals surface area contributed by atoms with Crippen LogP contribution in [-0.2, 0) is 22.6 Å². The Balaban J connectivity index is 1.94. The maximum absolute atomic E-state index is 14.5. The van der Waals surface area contributed by atoms with Crippen LogP contribution in [0.2, 0.25) is 0 Å². The van der Waals surface area contributed by atoms with Gasteiger partial charge in [-0.05, 0) is 17.5 Å². The van der Waals surface area contributed by atoms with Crippen molar-refractivity contribution < 1.29 is 13.9 Å². The van der Waals surface area contributed by atoms with E-state index in [1.54, 1.807) is 19.2 Å². The molecule has 0 radical (unpaired) electrons. The molecular weight excluding hydrogens is 407 g/mol. The standard InChI is InChI=1S/C25H35FN4O2/c1-17(2)14-23(31)29-10-12-30(13-11-29)25-20(15-19-8-6-7-9-21(19)26)22(16-32-5)27-24(28-25)18(3)4/h6-9,17-18H,10-16H2,1-5H3.